The molecule has 28 heavy (non-hydrogen) atoms. The van der Waals surface area contributed by atoms with Crippen LogP contribution in [-0.4, -0.2) is 46.1 Å². The third kappa shape index (κ3) is 3.50. The van der Waals surface area contributed by atoms with E-state index in [4.69, 9.17) is 9.72 Å². The molecule has 0 atom stereocenters. The monoisotopic (exact) mass is 409 g/mol. The maximum atomic E-state index is 5.50. The molecular weight excluding hydrogens is 390 g/mol. The van der Waals surface area contributed by atoms with E-state index in [1.54, 1.807) is 23.1 Å². The number of thioether (sulfide) groups is 1. The third-order valence-corrected chi connectivity index (χ3v) is 6.75. The first kappa shape index (κ1) is 17.7. The molecule has 0 spiro atoms. The zero-order valence-corrected chi connectivity index (χ0v) is 16.8. The van der Waals surface area contributed by atoms with Crippen LogP contribution in [0.2, 0.25) is 0 Å². The van der Waals surface area contributed by atoms with Gasteiger partial charge in [0.25, 0.3) is 0 Å². The lowest BCUT2D eigenvalue weighted by molar-refractivity contribution is 0.122. The molecule has 3 heterocycles. The van der Waals surface area contributed by atoms with Gasteiger partial charge in [-0.15, -0.1) is 21.5 Å². The highest BCUT2D eigenvalue weighted by molar-refractivity contribution is 7.98. The van der Waals surface area contributed by atoms with Gasteiger partial charge in [-0.05, 0) is 24.3 Å². The number of anilines is 1. The van der Waals surface area contributed by atoms with Crippen LogP contribution in [0.5, 0.6) is 0 Å². The number of thiazole rings is 1. The first-order valence-electron chi connectivity index (χ1n) is 9.19. The van der Waals surface area contributed by atoms with E-state index in [0.717, 1.165) is 59.4 Å². The third-order valence-electron chi connectivity index (χ3n) is 4.59. The average Bonchev–Trinajstić information content (AvgIpc) is 3.37. The van der Waals surface area contributed by atoms with Crippen molar-refractivity contribution < 1.29 is 4.74 Å². The molecule has 4 aromatic rings. The van der Waals surface area contributed by atoms with Gasteiger partial charge in [0.15, 0.2) is 5.16 Å². The van der Waals surface area contributed by atoms with Crippen molar-refractivity contribution in [3.8, 4) is 5.69 Å². The Balaban J connectivity index is 1.45. The second-order valence-corrected chi connectivity index (χ2v) is 8.47. The first-order chi connectivity index (χ1) is 13.9. The molecule has 2 aromatic carbocycles. The van der Waals surface area contributed by atoms with Crippen LogP contribution in [0.1, 0.15) is 5.01 Å². The number of para-hydroxylation sites is 2. The average molecular weight is 410 g/mol. The van der Waals surface area contributed by atoms with Crippen LogP contribution in [0.25, 0.3) is 15.9 Å². The Morgan fingerprint density at radius 3 is 2.57 bits per heavy atom. The fraction of sp³-hybridized carbons (Fsp3) is 0.250. The minimum absolute atomic E-state index is 0.718. The van der Waals surface area contributed by atoms with Crippen molar-refractivity contribution in [2.75, 3.05) is 31.2 Å². The Morgan fingerprint density at radius 2 is 1.75 bits per heavy atom. The van der Waals surface area contributed by atoms with E-state index in [-0.39, 0.29) is 0 Å². The van der Waals surface area contributed by atoms with Gasteiger partial charge in [-0.25, -0.2) is 4.98 Å². The molecule has 2 aromatic heterocycles. The van der Waals surface area contributed by atoms with Crippen molar-refractivity contribution in [3.63, 3.8) is 0 Å². The van der Waals surface area contributed by atoms with Crippen molar-refractivity contribution in [2.24, 2.45) is 0 Å². The van der Waals surface area contributed by atoms with Crippen molar-refractivity contribution in [1.29, 1.82) is 0 Å². The molecular formula is C20H19N5OS2. The lowest BCUT2D eigenvalue weighted by Crippen LogP contribution is -2.37. The molecule has 0 unspecified atom stereocenters. The Labute approximate surface area is 171 Å². The summed E-state index contributed by atoms with van der Waals surface area (Å²) in [6.07, 6.45) is 0. The van der Waals surface area contributed by atoms with E-state index in [0.29, 0.717) is 0 Å². The summed E-state index contributed by atoms with van der Waals surface area (Å²) in [5.74, 6) is 1.65. The van der Waals surface area contributed by atoms with Crippen LogP contribution in [0.15, 0.2) is 59.8 Å². The quantitative estimate of drug-likeness (QED) is 0.464. The Morgan fingerprint density at radius 1 is 0.964 bits per heavy atom. The van der Waals surface area contributed by atoms with Crippen molar-refractivity contribution in [3.05, 3.63) is 59.6 Å². The predicted molar refractivity (Wildman–Crippen MR) is 114 cm³/mol. The van der Waals surface area contributed by atoms with E-state index in [9.17, 15) is 0 Å². The van der Waals surface area contributed by atoms with Gasteiger partial charge in [0.05, 0.1) is 34.9 Å². The largest absolute Gasteiger partial charge is 0.378 e. The summed E-state index contributed by atoms with van der Waals surface area (Å²) < 4.78 is 8.86. The normalized spacial score (nSPS) is 14.6. The molecule has 1 aliphatic rings. The number of aromatic nitrogens is 4. The minimum atomic E-state index is 0.718. The van der Waals surface area contributed by atoms with Crippen LogP contribution in [0, 0.1) is 0 Å². The molecule has 0 radical (unpaired) electrons. The molecule has 6 nitrogen and oxygen atoms in total. The summed E-state index contributed by atoms with van der Waals surface area (Å²) in [4.78, 5) is 6.98. The molecule has 0 N–H and O–H groups in total. The fourth-order valence-corrected chi connectivity index (χ4v) is 5.14. The van der Waals surface area contributed by atoms with E-state index in [1.807, 2.05) is 24.3 Å². The summed E-state index contributed by atoms with van der Waals surface area (Å²) >= 11 is 3.41. The lowest BCUT2D eigenvalue weighted by atomic mass is 10.3. The van der Waals surface area contributed by atoms with Gasteiger partial charge in [0.2, 0.25) is 5.95 Å². The Hall–Kier alpha value is -2.42. The number of rotatable bonds is 5. The fourth-order valence-electron chi connectivity index (χ4n) is 3.23. The Bertz CT molecular complexity index is 1040. The minimum Gasteiger partial charge on any atom is -0.378 e. The number of fused-ring (bicyclic) bond motifs is 1. The number of hydrogen-bond acceptors (Lipinski definition) is 7. The molecule has 5 rings (SSSR count). The van der Waals surface area contributed by atoms with E-state index in [1.165, 1.54) is 4.70 Å². The first-order valence-corrected chi connectivity index (χ1v) is 11.0. The molecule has 0 aliphatic carbocycles. The van der Waals surface area contributed by atoms with Crippen LogP contribution >= 0.6 is 23.1 Å². The van der Waals surface area contributed by atoms with E-state index in [2.05, 4.69) is 50.0 Å². The predicted octanol–water partition coefficient (Wildman–Crippen LogP) is 4.01. The molecule has 1 saturated heterocycles. The summed E-state index contributed by atoms with van der Waals surface area (Å²) in [7, 11) is 0. The summed E-state index contributed by atoms with van der Waals surface area (Å²) in [5, 5.41) is 11.0. The topological polar surface area (TPSA) is 56.1 Å². The highest BCUT2D eigenvalue weighted by Gasteiger charge is 2.22. The van der Waals surface area contributed by atoms with Crippen LogP contribution in [-0.2, 0) is 10.5 Å². The molecule has 1 fully saturated rings. The lowest BCUT2D eigenvalue weighted by Gasteiger charge is -2.27. The maximum Gasteiger partial charge on any atom is 0.232 e. The summed E-state index contributed by atoms with van der Waals surface area (Å²) in [5.41, 5.74) is 2.13. The van der Waals surface area contributed by atoms with Gasteiger partial charge in [-0.2, -0.15) is 0 Å². The van der Waals surface area contributed by atoms with Crippen LogP contribution in [0.4, 0.5) is 5.95 Å². The van der Waals surface area contributed by atoms with Crippen molar-refractivity contribution >= 4 is 39.3 Å². The number of ether oxygens (including phenoxy) is 1. The molecule has 0 bridgehead atoms. The van der Waals surface area contributed by atoms with Crippen LogP contribution < -0.4 is 4.90 Å². The van der Waals surface area contributed by atoms with Gasteiger partial charge < -0.3 is 9.64 Å². The molecule has 0 saturated carbocycles. The van der Waals surface area contributed by atoms with Gasteiger partial charge >= 0.3 is 0 Å². The van der Waals surface area contributed by atoms with E-state index >= 15 is 0 Å². The highest BCUT2D eigenvalue weighted by atomic mass is 32.2. The SMILES string of the molecule is c1ccc(-n2c(SCc3nc4ccccc4s3)nnc2N2CCOCC2)cc1. The van der Waals surface area contributed by atoms with Crippen LogP contribution in [0.3, 0.4) is 0 Å². The zero-order valence-electron chi connectivity index (χ0n) is 15.2. The second kappa shape index (κ2) is 7.90. The molecule has 0 amide bonds. The standard InChI is InChI=1S/C20H19N5OS2/c1-2-6-15(7-3-1)25-19(24-10-12-26-13-11-24)22-23-20(25)27-14-18-21-16-8-4-5-9-17(16)28-18/h1-9H,10-14H2. The Kier molecular flexibility index (Phi) is 4.99. The number of hydrogen-bond donors (Lipinski definition) is 0. The van der Waals surface area contributed by atoms with Crippen molar-refractivity contribution in [2.45, 2.75) is 10.9 Å². The van der Waals surface area contributed by atoms with E-state index < -0.39 is 0 Å². The van der Waals surface area contributed by atoms with Crippen molar-refractivity contribution in [1.82, 2.24) is 19.7 Å². The maximum absolute atomic E-state index is 5.50. The smallest absolute Gasteiger partial charge is 0.232 e. The number of morpholine rings is 1. The summed E-state index contributed by atoms with van der Waals surface area (Å²) in [6.45, 7) is 3.09. The molecule has 142 valence electrons. The van der Waals surface area contributed by atoms with Gasteiger partial charge in [0.1, 0.15) is 5.01 Å². The highest BCUT2D eigenvalue weighted by Crippen LogP contribution is 2.31. The van der Waals surface area contributed by atoms with Gasteiger partial charge in [-0.1, -0.05) is 42.1 Å². The summed E-state index contributed by atoms with van der Waals surface area (Å²) in [6, 6.07) is 18.5. The number of nitrogens with zero attached hydrogens (tertiary/aromatic N) is 5. The van der Waals surface area contributed by atoms with Gasteiger partial charge in [0, 0.05) is 13.1 Å². The number of benzene rings is 2. The van der Waals surface area contributed by atoms with Gasteiger partial charge in [-0.3, -0.25) is 4.57 Å². The molecule has 8 heteroatoms. The second-order valence-electron chi connectivity index (χ2n) is 6.42. The zero-order chi connectivity index (χ0) is 18.8. The molecule has 1 aliphatic heterocycles.